The molecule has 0 radical (unpaired) electrons. The third-order valence-corrected chi connectivity index (χ3v) is 5.47. The lowest BCUT2D eigenvalue weighted by atomic mass is 10.1. The van der Waals surface area contributed by atoms with Crippen molar-refractivity contribution < 1.29 is 9.53 Å². The van der Waals surface area contributed by atoms with Crippen molar-refractivity contribution in [1.82, 2.24) is 25.5 Å². The number of amides is 1. The largest absolute Gasteiger partial charge is 0.461 e. The van der Waals surface area contributed by atoms with Gasteiger partial charge in [0.1, 0.15) is 22.7 Å². The molecule has 1 saturated heterocycles. The summed E-state index contributed by atoms with van der Waals surface area (Å²) in [5, 5.41) is 17.8. The first-order valence-electron chi connectivity index (χ1n) is 11.3. The van der Waals surface area contributed by atoms with Gasteiger partial charge in [-0.1, -0.05) is 12.7 Å². The number of allylic oxidation sites excluding steroid dienone is 3. The molecule has 0 spiro atoms. The van der Waals surface area contributed by atoms with E-state index in [4.69, 9.17) is 4.74 Å². The van der Waals surface area contributed by atoms with E-state index in [0.717, 1.165) is 36.9 Å². The van der Waals surface area contributed by atoms with Crippen LogP contribution in [0.3, 0.4) is 0 Å². The lowest BCUT2D eigenvalue weighted by Gasteiger charge is -2.23. The Morgan fingerprint density at radius 2 is 2.12 bits per heavy atom. The predicted molar refractivity (Wildman–Crippen MR) is 134 cm³/mol. The second-order valence-corrected chi connectivity index (χ2v) is 8.17. The smallest absolute Gasteiger partial charge is 0.256 e. The second kappa shape index (κ2) is 10.8. The maximum absolute atomic E-state index is 12.6. The summed E-state index contributed by atoms with van der Waals surface area (Å²) >= 11 is 0. The maximum atomic E-state index is 12.6. The summed E-state index contributed by atoms with van der Waals surface area (Å²) in [4.78, 5) is 21.1. The average molecular weight is 460 g/mol. The lowest BCUT2D eigenvalue weighted by Crippen LogP contribution is -2.38. The predicted octanol–water partition coefficient (Wildman–Crippen LogP) is 3.86. The van der Waals surface area contributed by atoms with Crippen LogP contribution in [0.1, 0.15) is 25.3 Å². The van der Waals surface area contributed by atoms with E-state index in [1.807, 2.05) is 19.9 Å². The number of aromatic nitrogens is 4. The molecule has 9 heteroatoms. The Kier molecular flexibility index (Phi) is 7.34. The molecule has 3 aromatic heterocycles. The van der Waals surface area contributed by atoms with Crippen molar-refractivity contribution in [2.45, 2.75) is 32.7 Å². The fourth-order valence-corrected chi connectivity index (χ4v) is 3.72. The molecule has 1 amide bonds. The van der Waals surface area contributed by atoms with Crippen LogP contribution in [0.25, 0.3) is 11.0 Å². The molecule has 1 aliphatic heterocycles. The number of aryl methyl sites for hydroxylation is 1. The van der Waals surface area contributed by atoms with Crippen molar-refractivity contribution in [3.8, 4) is 5.75 Å². The standard InChI is InChI=1S/C25H29N7O2/c1-4-18(25(33)30-21-14-16(2)9-12-27-21)8-7-17(3)34-20-10-13-28-23-22(20)24(32-31-23)29-19-6-5-11-26-15-19/h4,7-10,12-14,19,26H,1,5-6,11,15H2,2-3H3,(H,27,30,33)(H2,28,29,31,32)/b17-7+,18-8+/t19-/m1/s1. The first kappa shape index (κ1) is 23.2. The molecule has 1 fully saturated rings. The Morgan fingerprint density at radius 1 is 1.26 bits per heavy atom. The average Bonchev–Trinajstić information content (AvgIpc) is 3.24. The molecule has 34 heavy (non-hydrogen) atoms. The van der Waals surface area contributed by atoms with Gasteiger partial charge in [0.05, 0.1) is 0 Å². The molecule has 4 rings (SSSR count). The number of hydrogen-bond donors (Lipinski definition) is 4. The number of aromatic amines is 1. The quantitative estimate of drug-likeness (QED) is 0.230. The van der Waals surface area contributed by atoms with Crippen LogP contribution in [0.2, 0.25) is 0 Å². The molecule has 4 N–H and O–H groups in total. The monoisotopic (exact) mass is 459 g/mol. The summed E-state index contributed by atoms with van der Waals surface area (Å²) in [6.07, 6.45) is 10.4. The molecule has 9 nitrogen and oxygen atoms in total. The van der Waals surface area contributed by atoms with E-state index >= 15 is 0 Å². The van der Waals surface area contributed by atoms with Gasteiger partial charge < -0.3 is 20.7 Å². The van der Waals surface area contributed by atoms with E-state index in [-0.39, 0.29) is 5.91 Å². The number of piperidine rings is 1. The van der Waals surface area contributed by atoms with Crippen LogP contribution >= 0.6 is 0 Å². The van der Waals surface area contributed by atoms with Crippen LogP contribution in [-0.2, 0) is 4.79 Å². The first-order valence-corrected chi connectivity index (χ1v) is 11.3. The van der Waals surface area contributed by atoms with Crippen LogP contribution in [0.5, 0.6) is 5.75 Å². The van der Waals surface area contributed by atoms with Crippen molar-refractivity contribution in [1.29, 1.82) is 0 Å². The molecule has 176 valence electrons. The van der Waals surface area contributed by atoms with Gasteiger partial charge in [0.15, 0.2) is 11.5 Å². The number of carbonyl (C=O) groups excluding carboxylic acids is 1. The minimum atomic E-state index is -0.300. The van der Waals surface area contributed by atoms with Gasteiger partial charge in [0.25, 0.3) is 5.91 Å². The summed E-state index contributed by atoms with van der Waals surface area (Å²) in [5.74, 6) is 2.13. The van der Waals surface area contributed by atoms with E-state index in [1.54, 1.807) is 36.7 Å². The van der Waals surface area contributed by atoms with E-state index in [1.165, 1.54) is 6.08 Å². The van der Waals surface area contributed by atoms with Crippen LogP contribution in [0.4, 0.5) is 11.6 Å². The van der Waals surface area contributed by atoms with Gasteiger partial charge in [-0.05, 0) is 63.1 Å². The zero-order chi connectivity index (χ0) is 23.9. The molecular weight excluding hydrogens is 430 g/mol. The highest BCUT2D eigenvalue weighted by Crippen LogP contribution is 2.31. The molecule has 1 aliphatic rings. The Morgan fingerprint density at radius 3 is 2.88 bits per heavy atom. The van der Waals surface area contributed by atoms with Gasteiger partial charge in [-0.2, -0.15) is 5.10 Å². The summed E-state index contributed by atoms with van der Waals surface area (Å²) < 4.78 is 6.11. The van der Waals surface area contributed by atoms with Crippen LogP contribution in [0, 0.1) is 6.92 Å². The zero-order valence-corrected chi connectivity index (χ0v) is 19.4. The number of nitrogens with one attached hydrogen (secondary N) is 4. The van der Waals surface area contributed by atoms with Crippen LogP contribution in [0.15, 0.2) is 66.7 Å². The number of H-pyrrole nitrogens is 1. The number of rotatable bonds is 8. The van der Waals surface area contributed by atoms with Gasteiger partial charge in [0.2, 0.25) is 0 Å². The molecule has 0 unspecified atom stereocenters. The summed E-state index contributed by atoms with van der Waals surface area (Å²) in [7, 11) is 0. The number of fused-ring (bicyclic) bond motifs is 1. The van der Waals surface area contributed by atoms with E-state index in [9.17, 15) is 4.79 Å². The molecule has 4 heterocycles. The highest BCUT2D eigenvalue weighted by atomic mass is 16.5. The van der Waals surface area contributed by atoms with E-state index < -0.39 is 0 Å². The number of ether oxygens (including phenoxy) is 1. The van der Waals surface area contributed by atoms with Crippen LogP contribution < -0.4 is 20.7 Å². The Labute approximate surface area is 198 Å². The van der Waals surface area contributed by atoms with Gasteiger partial charge in [-0.3, -0.25) is 9.89 Å². The third kappa shape index (κ3) is 5.68. The molecule has 0 aliphatic carbocycles. The number of anilines is 2. The third-order valence-electron chi connectivity index (χ3n) is 5.47. The normalized spacial score (nSPS) is 16.8. The van der Waals surface area contributed by atoms with Crippen LogP contribution in [-0.4, -0.2) is 45.2 Å². The van der Waals surface area contributed by atoms with Crippen molar-refractivity contribution in [3.05, 3.63) is 72.3 Å². The van der Waals surface area contributed by atoms with Gasteiger partial charge in [-0.25, -0.2) is 9.97 Å². The number of hydrogen-bond acceptors (Lipinski definition) is 7. The fraction of sp³-hybridized carbons (Fsp3) is 0.280. The fourth-order valence-electron chi connectivity index (χ4n) is 3.72. The molecule has 1 atom stereocenters. The molecular formula is C25H29N7O2. The SMILES string of the molecule is C=C/C(=C\C=C(/C)Oc1ccnc2[nH]nc(N[C@@H]3CCCNC3)c12)C(=O)Nc1cc(C)ccn1. The van der Waals surface area contributed by atoms with E-state index in [0.29, 0.717) is 40.4 Å². The minimum absolute atomic E-state index is 0.296. The number of nitrogens with zero attached hydrogens (tertiary/aromatic N) is 3. The van der Waals surface area contributed by atoms with Gasteiger partial charge in [-0.15, -0.1) is 0 Å². The molecule has 0 saturated carbocycles. The molecule has 0 aromatic carbocycles. The highest BCUT2D eigenvalue weighted by Gasteiger charge is 2.18. The van der Waals surface area contributed by atoms with Crippen molar-refractivity contribution in [3.63, 3.8) is 0 Å². The van der Waals surface area contributed by atoms with Gasteiger partial charge >= 0.3 is 0 Å². The maximum Gasteiger partial charge on any atom is 0.256 e. The Hall–Kier alpha value is -3.98. The molecule has 3 aromatic rings. The molecule has 0 bridgehead atoms. The Bertz CT molecular complexity index is 1240. The zero-order valence-electron chi connectivity index (χ0n) is 19.4. The number of carbonyl (C=O) groups is 1. The van der Waals surface area contributed by atoms with Gasteiger partial charge in [0, 0.05) is 36.6 Å². The Balaban J connectivity index is 1.50. The van der Waals surface area contributed by atoms with Crippen molar-refractivity contribution >= 4 is 28.6 Å². The summed E-state index contributed by atoms with van der Waals surface area (Å²) in [5.41, 5.74) is 2.04. The van der Waals surface area contributed by atoms with Crippen molar-refractivity contribution in [2.24, 2.45) is 0 Å². The summed E-state index contributed by atoms with van der Waals surface area (Å²) in [6, 6.07) is 5.77. The lowest BCUT2D eigenvalue weighted by molar-refractivity contribution is -0.112. The van der Waals surface area contributed by atoms with E-state index in [2.05, 4.69) is 42.7 Å². The first-order chi connectivity index (χ1) is 16.5. The number of pyridine rings is 2. The second-order valence-electron chi connectivity index (χ2n) is 8.17. The highest BCUT2D eigenvalue weighted by molar-refractivity contribution is 6.05. The van der Waals surface area contributed by atoms with Crippen molar-refractivity contribution in [2.75, 3.05) is 23.7 Å². The summed E-state index contributed by atoms with van der Waals surface area (Å²) in [6.45, 7) is 9.44. The topological polar surface area (TPSA) is 117 Å². The minimum Gasteiger partial charge on any atom is -0.461 e.